The first kappa shape index (κ1) is 53.7. The molecule has 2 aromatic carbocycles. The topological polar surface area (TPSA) is 276 Å². The highest BCUT2D eigenvalue weighted by atomic mass is 28.4. The van der Waals surface area contributed by atoms with Gasteiger partial charge in [0.25, 0.3) is 8.32 Å². The predicted molar refractivity (Wildman–Crippen MR) is 234 cm³/mol. The van der Waals surface area contributed by atoms with E-state index in [9.17, 15) is 50.1 Å². The maximum Gasteiger partial charge on any atom is 0.306 e. The van der Waals surface area contributed by atoms with Gasteiger partial charge in [0.1, 0.15) is 66.8 Å². The van der Waals surface area contributed by atoms with Gasteiger partial charge in [0.05, 0.1) is 32.8 Å². The van der Waals surface area contributed by atoms with Crippen LogP contribution in [0.1, 0.15) is 73.1 Å². The van der Waals surface area contributed by atoms with Crippen molar-refractivity contribution in [2.45, 2.75) is 170 Å². The number of Topliss-reactive ketones (excluding diaryl/α,β-unsaturated/α-hetero) is 1. The van der Waals surface area contributed by atoms with Gasteiger partial charge in [-0.3, -0.25) is 9.59 Å². The van der Waals surface area contributed by atoms with Crippen molar-refractivity contribution >= 4 is 36.4 Å². The number of aliphatic hydroxyl groups is 7. The van der Waals surface area contributed by atoms with Gasteiger partial charge in [0.15, 0.2) is 25.0 Å². The van der Waals surface area contributed by atoms with Crippen LogP contribution in [0.25, 0.3) is 0 Å². The number of unbranched alkanes of at least 4 members (excludes halogenated alkanes) is 2. The zero-order chi connectivity index (χ0) is 48.3. The van der Waals surface area contributed by atoms with Crippen molar-refractivity contribution in [3.63, 3.8) is 0 Å². The third kappa shape index (κ3) is 12.9. The molecule has 0 spiro atoms. The molecule has 370 valence electrons. The number of benzene rings is 2. The second-order valence-corrected chi connectivity index (χ2v) is 22.3. The quantitative estimate of drug-likeness (QED) is 0.0482. The Balaban J connectivity index is 1.64. The number of methoxy groups -OCH3 is 1. The SMILES string of the molecule is COC(=O)CCCCCO[C@@H]1O[C@H](CO[Si](c2ccccc2)(c2ccccc2)C(C)(C)C)[C@H](OC(=O)CCC(C)=O)[C@H](O[C@H]2O[C@H](CO)[C@@H](O)[C@H](O)[C@@H]2O)[C@H]1O[C@@H]1O[C@@H](C)[C@@H](O)[C@@H](O)[C@@H]1O. The van der Waals surface area contributed by atoms with Gasteiger partial charge < -0.3 is 82.9 Å². The zero-order valence-corrected chi connectivity index (χ0v) is 39.3. The lowest BCUT2D eigenvalue weighted by atomic mass is 9.96. The lowest BCUT2D eigenvalue weighted by Crippen LogP contribution is -2.70. The molecule has 5 rings (SSSR count). The molecule has 2 aromatic rings. The number of carbonyl (C=O) groups excluding carboxylic acids is 3. The van der Waals surface area contributed by atoms with Gasteiger partial charge >= 0.3 is 11.9 Å². The van der Waals surface area contributed by atoms with E-state index >= 15 is 0 Å². The van der Waals surface area contributed by atoms with Crippen molar-refractivity contribution in [2.75, 3.05) is 26.9 Å². The van der Waals surface area contributed by atoms with Crippen molar-refractivity contribution in [3.05, 3.63) is 60.7 Å². The molecule has 19 nitrogen and oxygen atoms in total. The maximum absolute atomic E-state index is 13.8. The molecule has 3 heterocycles. The number of aliphatic hydroxyl groups excluding tert-OH is 7. The summed E-state index contributed by atoms with van der Waals surface area (Å²) in [6.45, 7) is 7.80. The van der Waals surface area contributed by atoms with Crippen LogP contribution in [-0.4, -0.2) is 181 Å². The maximum atomic E-state index is 13.8. The number of carbonyl (C=O) groups is 3. The molecular formula is C46H68O19Si. The average Bonchev–Trinajstić information content (AvgIpc) is 3.29. The number of rotatable bonds is 21. The second-order valence-electron chi connectivity index (χ2n) is 18.0. The minimum absolute atomic E-state index is 0.0182. The zero-order valence-electron chi connectivity index (χ0n) is 38.3. The molecule has 3 aliphatic rings. The fourth-order valence-corrected chi connectivity index (χ4v) is 13.1. The number of ether oxygens (including phenoxy) is 8. The lowest BCUT2D eigenvalue weighted by Gasteiger charge is -2.50. The van der Waals surface area contributed by atoms with Gasteiger partial charge in [0.2, 0.25) is 0 Å². The van der Waals surface area contributed by atoms with Crippen LogP contribution < -0.4 is 10.4 Å². The Bertz CT molecular complexity index is 1780. The van der Waals surface area contributed by atoms with E-state index in [4.69, 9.17) is 42.3 Å². The summed E-state index contributed by atoms with van der Waals surface area (Å²) in [4.78, 5) is 37.7. The van der Waals surface area contributed by atoms with E-state index in [1.54, 1.807) is 0 Å². The molecule has 0 aromatic heterocycles. The Morgan fingerprint density at radius 1 is 0.636 bits per heavy atom. The Hall–Kier alpha value is -3.29. The Labute approximate surface area is 385 Å². The molecule has 0 unspecified atom stereocenters. The van der Waals surface area contributed by atoms with Gasteiger partial charge in [-0.05, 0) is 42.1 Å². The minimum Gasteiger partial charge on any atom is -0.469 e. The molecule has 0 amide bonds. The standard InChI is InChI=1S/C46H68O19Si/c1-26(48)21-22-33(50)63-40-31(25-59-66(46(3,4)5,28-16-10-7-11-17-28)29-18-12-8-13-19-29)62-45(58-23-15-9-14-20-32(49)57-6)42(65-43-38(55)36(53)34(51)27(2)60-43)41(40)64-44-39(56)37(54)35(52)30(24-47)61-44/h7-8,10-13,16-19,27,30-31,34-45,47,51-56H,9,14-15,20-25H2,1-6H3/t27-,30+,31+,34+,35+,36+,37-,38-,39-,40-,41-,42+,43-,44+,45+/m0/s1. The summed E-state index contributed by atoms with van der Waals surface area (Å²) in [7, 11) is -2.08. The number of esters is 2. The molecule has 3 aliphatic heterocycles. The Morgan fingerprint density at radius 3 is 1.76 bits per heavy atom. The molecule has 15 atom stereocenters. The first-order valence-electron chi connectivity index (χ1n) is 22.4. The van der Waals surface area contributed by atoms with E-state index in [2.05, 4.69) is 20.8 Å². The Kier molecular flexibility index (Phi) is 19.8. The summed E-state index contributed by atoms with van der Waals surface area (Å²) in [5.74, 6) is -1.55. The van der Waals surface area contributed by atoms with E-state index in [1.165, 1.54) is 21.0 Å². The van der Waals surface area contributed by atoms with Crippen LogP contribution in [0.4, 0.5) is 0 Å². The van der Waals surface area contributed by atoms with Crippen molar-refractivity contribution in [1.29, 1.82) is 0 Å². The normalized spacial score (nSPS) is 33.0. The summed E-state index contributed by atoms with van der Waals surface area (Å²) < 4.78 is 55.9. The second kappa shape index (κ2) is 24.3. The Morgan fingerprint density at radius 2 is 1.20 bits per heavy atom. The van der Waals surface area contributed by atoms with E-state index in [0.29, 0.717) is 19.3 Å². The van der Waals surface area contributed by atoms with Gasteiger partial charge in [-0.15, -0.1) is 0 Å². The molecule has 0 saturated carbocycles. The molecule has 3 fully saturated rings. The first-order chi connectivity index (χ1) is 31.3. The third-order valence-corrected chi connectivity index (χ3v) is 17.2. The fraction of sp³-hybridized carbons (Fsp3) is 0.674. The van der Waals surface area contributed by atoms with Gasteiger partial charge in [-0.1, -0.05) is 87.9 Å². The van der Waals surface area contributed by atoms with Crippen molar-refractivity contribution in [2.24, 2.45) is 0 Å². The van der Waals surface area contributed by atoms with E-state index in [1.807, 2.05) is 60.7 Å². The van der Waals surface area contributed by atoms with E-state index in [0.717, 1.165) is 10.4 Å². The number of hydrogen-bond acceptors (Lipinski definition) is 19. The summed E-state index contributed by atoms with van der Waals surface area (Å²) in [6.07, 6.45) is -23.6. The minimum atomic E-state index is -3.37. The van der Waals surface area contributed by atoms with Crippen molar-refractivity contribution in [3.8, 4) is 0 Å². The van der Waals surface area contributed by atoms with Crippen LogP contribution in [-0.2, 0) is 56.7 Å². The van der Waals surface area contributed by atoms with Crippen LogP contribution in [0.3, 0.4) is 0 Å². The van der Waals surface area contributed by atoms with E-state index < -0.39 is 118 Å². The average molecular weight is 953 g/mol. The van der Waals surface area contributed by atoms with Gasteiger partial charge in [-0.25, -0.2) is 0 Å². The van der Waals surface area contributed by atoms with Crippen LogP contribution in [0, 0.1) is 0 Å². The molecular weight excluding hydrogens is 885 g/mol. The molecule has 0 bridgehead atoms. The molecule has 3 saturated heterocycles. The number of hydrogen-bond donors (Lipinski definition) is 7. The van der Waals surface area contributed by atoms with Crippen LogP contribution in [0.2, 0.25) is 5.04 Å². The van der Waals surface area contributed by atoms with E-state index in [-0.39, 0.29) is 44.2 Å². The van der Waals surface area contributed by atoms with Crippen LogP contribution >= 0.6 is 0 Å². The monoisotopic (exact) mass is 952 g/mol. The molecule has 0 aliphatic carbocycles. The molecule has 0 radical (unpaired) electrons. The summed E-state index contributed by atoms with van der Waals surface area (Å²) >= 11 is 0. The largest absolute Gasteiger partial charge is 0.469 e. The third-order valence-electron chi connectivity index (χ3n) is 12.2. The fourth-order valence-electron chi connectivity index (χ4n) is 8.51. The smallest absolute Gasteiger partial charge is 0.306 e. The summed E-state index contributed by atoms with van der Waals surface area (Å²) in [6, 6.07) is 19.3. The first-order valence-corrected chi connectivity index (χ1v) is 24.3. The highest BCUT2D eigenvalue weighted by Gasteiger charge is 2.58. The summed E-state index contributed by atoms with van der Waals surface area (Å²) in [5, 5.41) is 76.8. The highest BCUT2D eigenvalue weighted by Crippen LogP contribution is 2.40. The van der Waals surface area contributed by atoms with Gasteiger partial charge in [-0.2, -0.15) is 0 Å². The molecule has 20 heteroatoms. The van der Waals surface area contributed by atoms with Crippen LogP contribution in [0.5, 0.6) is 0 Å². The molecule has 66 heavy (non-hydrogen) atoms. The van der Waals surface area contributed by atoms with Crippen LogP contribution in [0.15, 0.2) is 60.7 Å². The summed E-state index contributed by atoms with van der Waals surface area (Å²) in [5.41, 5.74) is 0. The highest BCUT2D eigenvalue weighted by molar-refractivity contribution is 6.99. The number of ketones is 1. The van der Waals surface area contributed by atoms with Crippen molar-refractivity contribution < 1.29 is 92.5 Å². The van der Waals surface area contributed by atoms with Crippen molar-refractivity contribution in [1.82, 2.24) is 0 Å². The molecule has 7 N–H and O–H groups in total. The van der Waals surface area contributed by atoms with Gasteiger partial charge in [0, 0.05) is 19.4 Å². The lowest BCUT2D eigenvalue weighted by molar-refractivity contribution is -0.390. The predicted octanol–water partition coefficient (Wildman–Crippen LogP) is -0.283.